The molecule has 0 saturated carbocycles. The molecular formula is C12H11BrN2O3. The molecule has 1 N–H and O–H groups in total. The molecule has 2 aromatic rings. The fourth-order valence-corrected chi connectivity index (χ4v) is 1.98. The first-order valence-corrected chi connectivity index (χ1v) is 6.08. The standard InChI is InChI=1S/C12H11BrN2O3/c1-8-10(3-2-4-11(8)15(16)17)14-7-12-9(13)5-6-18-12/h2-6,14H,7H2,1H3. The van der Waals surface area contributed by atoms with E-state index >= 15 is 0 Å². The Balaban J connectivity index is 2.17. The number of nitro groups is 1. The fraction of sp³-hybridized carbons (Fsp3) is 0.167. The Morgan fingerprint density at radius 2 is 2.22 bits per heavy atom. The van der Waals surface area contributed by atoms with Crippen molar-refractivity contribution in [3.05, 3.63) is 56.4 Å². The first kappa shape index (κ1) is 12.6. The number of anilines is 1. The summed E-state index contributed by atoms with van der Waals surface area (Å²) in [5.41, 5.74) is 1.45. The normalized spacial score (nSPS) is 10.3. The third-order valence-electron chi connectivity index (χ3n) is 2.63. The molecule has 0 spiro atoms. The van der Waals surface area contributed by atoms with Gasteiger partial charge >= 0.3 is 0 Å². The van der Waals surface area contributed by atoms with Crippen LogP contribution in [0.4, 0.5) is 11.4 Å². The molecule has 94 valence electrons. The number of nitrogens with one attached hydrogen (secondary N) is 1. The van der Waals surface area contributed by atoms with E-state index in [1.54, 1.807) is 31.4 Å². The number of nitrogens with zero attached hydrogens (tertiary/aromatic N) is 1. The second kappa shape index (κ2) is 5.22. The van der Waals surface area contributed by atoms with Crippen molar-refractivity contribution in [2.75, 3.05) is 5.32 Å². The Kier molecular flexibility index (Phi) is 3.66. The van der Waals surface area contributed by atoms with Crippen molar-refractivity contribution in [3.63, 3.8) is 0 Å². The number of hydrogen-bond acceptors (Lipinski definition) is 4. The summed E-state index contributed by atoms with van der Waals surface area (Å²) >= 11 is 3.35. The van der Waals surface area contributed by atoms with Gasteiger partial charge < -0.3 is 9.73 Å². The van der Waals surface area contributed by atoms with Crippen LogP contribution in [0.1, 0.15) is 11.3 Å². The molecule has 0 aliphatic carbocycles. The zero-order chi connectivity index (χ0) is 13.1. The van der Waals surface area contributed by atoms with Crippen molar-refractivity contribution in [1.82, 2.24) is 0 Å². The molecule has 0 amide bonds. The van der Waals surface area contributed by atoms with Crippen LogP contribution in [-0.2, 0) is 6.54 Å². The van der Waals surface area contributed by atoms with Gasteiger partial charge in [-0.2, -0.15) is 0 Å². The van der Waals surface area contributed by atoms with Crippen LogP contribution in [0.25, 0.3) is 0 Å². The van der Waals surface area contributed by atoms with Crippen molar-refractivity contribution >= 4 is 27.3 Å². The molecule has 0 unspecified atom stereocenters. The minimum absolute atomic E-state index is 0.110. The summed E-state index contributed by atoms with van der Waals surface area (Å²) < 4.78 is 6.13. The second-order valence-corrected chi connectivity index (χ2v) is 4.61. The van der Waals surface area contributed by atoms with Crippen LogP contribution in [0.3, 0.4) is 0 Å². The third kappa shape index (κ3) is 2.53. The maximum Gasteiger partial charge on any atom is 0.274 e. The number of furan rings is 1. The quantitative estimate of drug-likeness (QED) is 0.687. The van der Waals surface area contributed by atoms with E-state index in [1.807, 2.05) is 0 Å². The Bertz CT molecular complexity index is 580. The minimum Gasteiger partial charge on any atom is -0.466 e. The highest BCUT2D eigenvalue weighted by Crippen LogP contribution is 2.26. The highest BCUT2D eigenvalue weighted by molar-refractivity contribution is 9.10. The molecular weight excluding hydrogens is 300 g/mol. The highest BCUT2D eigenvalue weighted by Gasteiger charge is 2.13. The number of benzene rings is 1. The molecule has 1 heterocycles. The van der Waals surface area contributed by atoms with Crippen LogP contribution in [-0.4, -0.2) is 4.92 Å². The molecule has 0 atom stereocenters. The SMILES string of the molecule is Cc1c(NCc2occc2Br)cccc1[N+](=O)[O-]. The lowest BCUT2D eigenvalue weighted by molar-refractivity contribution is -0.385. The number of halogens is 1. The van der Waals surface area contributed by atoms with E-state index in [9.17, 15) is 10.1 Å². The van der Waals surface area contributed by atoms with Crippen molar-refractivity contribution in [1.29, 1.82) is 0 Å². The predicted molar refractivity (Wildman–Crippen MR) is 71.6 cm³/mol. The van der Waals surface area contributed by atoms with E-state index in [2.05, 4.69) is 21.2 Å². The maximum absolute atomic E-state index is 10.8. The van der Waals surface area contributed by atoms with Crippen LogP contribution in [0.2, 0.25) is 0 Å². The van der Waals surface area contributed by atoms with Gasteiger partial charge in [0.15, 0.2) is 0 Å². The van der Waals surface area contributed by atoms with Gasteiger partial charge in [0, 0.05) is 17.3 Å². The van der Waals surface area contributed by atoms with Crippen LogP contribution in [0.5, 0.6) is 0 Å². The minimum atomic E-state index is -0.386. The van der Waals surface area contributed by atoms with Gasteiger partial charge in [-0.15, -0.1) is 0 Å². The number of nitro benzene ring substituents is 1. The molecule has 1 aromatic heterocycles. The molecule has 1 aromatic carbocycles. The average molecular weight is 311 g/mol. The summed E-state index contributed by atoms with van der Waals surface area (Å²) in [6.07, 6.45) is 1.58. The van der Waals surface area contributed by atoms with E-state index in [0.29, 0.717) is 12.1 Å². The Hall–Kier alpha value is -1.82. The van der Waals surface area contributed by atoms with E-state index in [4.69, 9.17) is 4.42 Å². The van der Waals surface area contributed by atoms with Gasteiger partial charge in [-0.05, 0) is 35.0 Å². The summed E-state index contributed by atoms with van der Waals surface area (Å²) in [6.45, 7) is 2.19. The molecule has 0 aliphatic rings. The van der Waals surface area contributed by atoms with Crippen LogP contribution >= 0.6 is 15.9 Å². The second-order valence-electron chi connectivity index (χ2n) is 3.75. The summed E-state index contributed by atoms with van der Waals surface area (Å²) in [5.74, 6) is 0.751. The molecule has 5 nitrogen and oxygen atoms in total. The lowest BCUT2D eigenvalue weighted by Crippen LogP contribution is -2.02. The Labute approximate surface area is 112 Å². The lowest BCUT2D eigenvalue weighted by Gasteiger charge is -2.08. The molecule has 6 heteroatoms. The molecule has 0 radical (unpaired) electrons. The largest absolute Gasteiger partial charge is 0.466 e. The van der Waals surface area contributed by atoms with E-state index in [0.717, 1.165) is 15.9 Å². The Morgan fingerprint density at radius 3 is 2.83 bits per heavy atom. The van der Waals surface area contributed by atoms with Crippen LogP contribution in [0, 0.1) is 17.0 Å². The molecule has 18 heavy (non-hydrogen) atoms. The Morgan fingerprint density at radius 1 is 1.44 bits per heavy atom. The predicted octanol–water partition coefficient (Wildman–Crippen LogP) is 3.87. The summed E-state index contributed by atoms with van der Waals surface area (Å²) in [7, 11) is 0. The molecule has 0 fully saturated rings. The van der Waals surface area contributed by atoms with Crippen molar-refractivity contribution in [2.45, 2.75) is 13.5 Å². The van der Waals surface area contributed by atoms with Crippen LogP contribution in [0.15, 0.2) is 39.4 Å². The van der Waals surface area contributed by atoms with Gasteiger partial charge in [0.1, 0.15) is 5.76 Å². The zero-order valence-corrected chi connectivity index (χ0v) is 11.2. The number of rotatable bonds is 4. The summed E-state index contributed by atoms with van der Waals surface area (Å²) in [5, 5.41) is 13.9. The molecule has 0 saturated heterocycles. The first-order chi connectivity index (χ1) is 8.59. The first-order valence-electron chi connectivity index (χ1n) is 5.29. The van der Waals surface area contributed by atoms with Gasteiger partial charge in [-0.1, -0.05) is 6.07 Å². The van der Waals surface area contributed by atoms with Gasteiger partial charge in [0.2, 0.25) is 0 Å². The topological polar surface area (TPSA) is 68.3 Å². The summed E-state index contributed by atoms with van der Waals surface area (Å²) in [6, 6.07) is 6.75. The van der Waals surface area contributed by atoms with Gasteiger partial charge in [-0.3, -0.25) is 10.1 Å². The monoisotopic (exact) mass is 310 g/mol. The summed E-state index contributed by atoms with van der Waals surface area (Å²) in [4.78, 5) is 10.4. The van der Waals surface area contributed by atoms with Crippen molar-refractivity contribution < 1.29 is 9.34 Å². The van der Waals surface area contributed by atoms with E-state index < -0.39 is 0 Å². The van der Waals surface area contributed by atoms with Gasteiger partial charge in [0.05, 0.1) is 22.2 Å². The lowest BCUT2D eigenvalue weighted by atomic mass is 10.1. The maximum atomic E-state index is 10.8. The van der Waals surface area contributed by atoms with E-state index in [1.165, 1.54) is 6.07 Å². The number of hydrogen-bond donors (Lipinski definition) is 1. The fourth-order valence-electron chi connectivity index (χ4n) is 1.64. The van der Waals surface area contributed by atoms with Crippen molar-refractivity contribution in [3.8, 4) is 0 Å². The third-order valence-corrected chi connectivity index (χ3v) is 3.34. The van der Waals surface area contributed by atoms with Gasteiger partial charge in [0.25, 0.3) is 5.69 Å². The van der Waals surface area contributed by atoms with Crippen LogP contribution < -0.4 is 5.32 Å². The van der Waals surface area contributed by atoms with Crippen molar-refractivity contribution in [2.24, 2.45) is 0 Å². The van der Waals surface area contributed by atoms with E-state index in [-0.39, 0.29) is 10.6 Å². The molecule has 0 bridgehead atoms. The molecule has 0 aliphatic heterocycles. The highest BCUT2D eigenvalue weighted by atomic mass is 79.9. The van der Waals surface area contributed by atoms with Gasteiger partial charge in [-0.25, -0.2) is 0 Å². The zero-order valence-electron chi connectivity index (χ0n) is 9.64. The smallest absolute Gasteiger partial charge is 0.274 e. The molecule has 2 rings (SSSR count). The average Bonchev–Trinajstić information content (AvgIpc) is 2.73.